The van der Waals surface area contributed by atoms with Crippen LogP contribution in [0.1, 0.15) is 19.8 Å². The highest BCUT2D eigenvalue weighted by atomic mass is 35.5. The Morgan fingerprint density at radius 3 is 2.70 bits per heavy atom. The van der Waals surface area contributed by atoms with Crippen LogP contribution in [0.25, 0.3) is 0 Å². The van der Waals surface area contributed by atoms with Crippen LogP contribution in [0.3, 0.4) is 0 Å². The quantitative estimate of drug-likeness (QED) is 0.801. The average molecular weight is 298 g/mol. The number of halogens is 1. The summed E-state index contributed by atoms with van der Waals surface area (Å²) in [5, 5.41) is 0.688. The molecule has 1 fully saturated rings. The zero-order chi connectivity index (χ0) is 14.5. The molecule has 0 spiro atoms. The monoisotopic (exact) mass is 297 g/mol. The van der Waals surface area contributed by atoms with E-state index in [0.717, 1.165) is 37.4 Å². The second-order valence-corrected chi connectivity index (χ2v) is 5.27. The SMILES string of the molecule is CCOC(=O)C1CCN(c2cc(Cl)ccc2OC)CC1. The van der Waals surface area contributed by atoms with Crippen LogP contribution in [-0.4, -0.2) is 32.8 Å². The summed E-state index contributed by atoms with van der Waals surface area (Å²) >= 11 is 6.06. The van der Waals surface area contributed by atoms with Crippen molar-refractivity contribution in [1.82, 2.24) is 0 Å². The smallest absolute Gasteiger partial charge is 0.309 e. The molecule has 5 heteroatoms. The summed E-state index contributed by atoms with van der Waals surface area (Å²) in [7, 11) is 1.65. The summed E-state index contributed by atoms with van der Waals surface area (Å²) in [6.07, 6.45) is 1.60. The number of esters is 1. The maximum absolute atomic E-state index is 11.7. The van der Waals surface area contributed by atoms with Crippen LogP contribution < -0.4 is 9.64 Å². The topological polar surface area (TPSA) is 38.8 Å². The standard InChI is InChI=1S/C15H20ClNO3/c1-3-20-15(18)11-6-8-17(9-7-11)13-10-12(16)4-5-14(13)19-2/h4-5,10-11H,3,6-9H2,1-2H3. The molecule has 0 bridgehead atoms. The molecule has 110 valence electrons. The van der Waals surface area contributed by atoms with E-state index >= 15 is 0 Å². The Kier molecular flexibility index (Phi) is 5.12. The second-order valence-electron chi connectivity index (χ2n) is 4.83. The number of carbonyl (C=O) groups is 1. The van der Waals surface area contributed by atoms with E-state index in [0.29, 0.717) is 11.6 Å². The molecular weight excluding hydrogens is 278 g/mol. The van der Waals surface area contributed by atoms with Gasteiger partial charge in [-0.3, -0.25) is 4.79 Å². The molecule has 0 aliphatic carbocycles. The first-order valence-corrected chi connectivity index (χ1v) is 7.28. The van der Waals surface area contributed by atoms with Crippen LogP contribution in [0.2, 0.25) is 5.02 Å². The first-order valence-electron chi connectivity index (χ1n) is 6.90. The van der Waals surface area contributed by atoms with Gasteiger partial charge >= 0.3 is 5.97 Å². The molecule has 0 unspecified atom stereocenters. The van der Waals surface area contributed by atoms with Gasteiger partial charge in [-0.1, -0.05) is 11.6 Å². The molecule has 1 saturated heterocycles. The predicted molar refractivity (Wildman–Crippen MR) is 79.6 cm³/mol. The maximum Gasteiger partial charge on any atom is 0.309 e. The molecule has 1 aromatic carbocycles. The summed E-state index contributed by atoms with van der Waals surface area (Å²) in [5.41, 5.74) is 0.988. The zero-order valence-corrected chi connectivity index (χ0v) is 12.7. The molecule has 1 aromatic rings. The molecule has 0 aromatic heterocycles. The van der Waals surface area contributed by atoms with Gasteiger partial charge in [0.25, 0.3) is 0 Å². The molecule has 0 radical (unpaired) electrons. The number of methoxy groups -OCH3 is 1. The summed E-state index contributed by atoms with van der Waals surface area (Å²) in [6, 6.07) is 5.59. The van der Waals surface area contributed by atoms with Crippen LogP contribution in [-0.2, 0) is 9.53 Å². The van der Waals surface area contributed by atoms with Crippen LogP contribution in [0, 0.1) is 5.92 Å². The number of benzene rings is 1. The fourth-order valence-electron chi connectivity index (χ4n) is 2.53. The van der Waals surface area contributed by atoms with E-state index < -0.39 is 0 Å². The third kappa shape index (κ3) is 3.37. The normalized spacial score (nSPS) is 16.1. The van der Waals surface area contributed by atoms with Crippen molar-refractivity contribution in [3.63, 3.8) is 0 Å². The second kappa shape index (κ2) is 6.84. The number of anilines is 1. The number of hydrogen-bond acceptors (Lipinski definition) is 4. The van der Waals surface area contributed by atoms with Crippen LogP contribution >= 0.6 is 11.6 Å². The minimum atomic E-state index is -0.0785. The highest BCUT2D eigenvalue weighted by Gasteiger charge is 2.27. The van der Waals surface area contributed by atoms with E-state index in [9.17, 15) is 4.79 Å². The Hall–Kier alpha value is -1.42. The molecule has 20 heavy (non-hydrogen) atoms. The fraction of sp³-hybridized carbons (Fsp3) is 0.533. The summed E-state index contributed by atoms with van der Waals surface area (Å²) < 4.78 is 10.5. The molecule has 0 saturated carbocycles. The van der Waals surface area contributed by atoms with Gasteiger partial charge < -0.3 is 14.4 Å². The Labute approximate surface area is 124 Å². The van der Waals surface area contributed by atoms with E-state index in [4.69, 9.17) is 21.1 Å². The predicted octanol–water partition coefficient (Wildman–Crippen LogP) is 3.13. The van der Waals surface area contributed by atoms with Crippen molar-refractivity contribution in [2.45, 2.75) is 19.8 Å². The van der Waals surface area contributed by atoms with Gasteiger partial charge in [-0.2, -0.15) is 0 Å². The lowest BCUT2D eigenvalue weighted by atomic mass is 9.96. The fourth-order valence-corrected chi connectivity index (χ4v) is 2.69. The summed E-state index contributed by atoms with van der Waals surface area (Å²) in [6.45, 7) is 3.89. The molecular formula is C15H20ClNO3. The number of carbonyl (C=O) groups excluding carboxylic acids is 1. The molecule has 1 aliphatic rings. The minimum absolute atomic E-state index is 0.0105. The lowest BCUT2D eigenvalue weighted by Crippen LogP contribution is -2.37. The van der Waals surface area contributed by atoms with Gasteiger partial charge in [0.2, 0.25) is 0 Å². The highest BCUT2D eigenvalue weighted by molar-refractivity contribution is 6.30. The molecule has 1 aliphatic heterocycles. The van der Waals surface area contributed by atoms with Gasteiger partial charge in [-0.15, -0.1) is 0 Å². The Bertz CT molecular complexity index is 470. The molecule has 4 nitrogen and oxygen atoms in total. The van der Waals surface area contributed by atoms with Crippen molar-refractivity contribution in [2.75, 3.05) is 31.7 Å². The third-order valence-corrected chi connectivity index (χ3v) is 3.83. The van der Waals surface area contributed by atoms with E-state index in [2.05, 4.69) is 4.90 Å². The van der Waals surface area contributed by atoms with Crippen LogP contribution in [0.5, 0.6) is 5.75 Å². The lowest BCUT2D eigenvalue weighted by Gasteiger charge is -2.33. The Morgan fingerprint density at radius 2 is 2.10 bits per heavy atom. The van der Waals surface area contributed by atoms with Gasteiger partial charge in [0.1, 0.15) is 5.75 Å². The summed E-state index contributed by atoms with van der Waals surface area (Å²) in [5.74, 6) is 0.741. The Morgan fingerprint density at radius 1 is 1.40 bits per heavy atom. The molecule has 0 atom stereocenters. The molecule has 0 amide bonds. The first-order chi connectivity index (χ1) is 9.65. The number of hydrogen-bond donors (Lipinski definition) is 0. The van der Waals surface area contributed by atoms with Gasteiger partial charge in [0, 0.05) is 18.1 Å². The van der Waals surface area contributed by atoms with E-state index in [-0.39, 0.29) is 11.9 Å². The van der Waals surface area contributed by atoms with E-state index in [1.165, 1.54) is 0 Å². The van der Waals surface area contributed by atoms with Gasteiger partial charge in [-0.25, -0.2) is 0 Å². The van der Waals surface area contributed by atoms with Gasteiger partial charge in [0.15, 0.2) is 0 Å². The first kappa shape index (κ1) is 15.0. The third-order valence-electron chi connectivity index (χ3n) is 3.60. The lowest BCUT2D eigenvalue weighted by molar-refractivity contribution is -0.148. The van der Waals surface area contributed by atoms with Gasteiger partial charge in [0.05, 0.1) is 25.3 Å². The van der Waals surface area contributed by atoms with Crippen molar-refractivity contribution in [1.29, 1.82) is 0 Å². The zero-order valence-electron chi connectivity index (χ0n) is 11.9. The highest BCUT2D eigenvalue weighted by Crippen LogP contribution is 2.34. The van der Waals surface area contributed by atoms with Crippen molar-refractivity contribution in [3.05, 3.63) is 23.2 Å². The molecule has 0 N–H and O–H groups in total. The maximum atomic E-state index is 11.7. The van der Waals surface area contributed by atoms with Crippen LogP contribution in [0.15, 0.2) is 18.2 Å². The average Bonchev–Trinajstić information content (AvgIpc) is 2.47. The summed E-state index contributed by atoms with van der Waals surface area (Å²) in [4.78, 5) is 13.9. The number of ether oxygens (including phenoxy) is 2. The van der Waals surface area contributed by atoms with E-state index in [1.807, 2.05) is 25.1 Å². The molecule has 1 heterocycles. The number of nitrogens with zero attached hydrogens (tertiary/aromatic N) is 1. The minimum Gasteiger partial charge on any atom is -0.495 e. The van der Waals surface area contributed by atoms with E-state index in [1.54, 1.807) is 7.11 Å². The van der Waals surface area contributed by atoms with Gasteiger partial charge in [-0.05, 0) is 38.0 Å². The number of piperidine rings is 1. The largest absolute Gasteiger partial charge is 0.495 e. The van der Waals surface area contributed by atoms with Crippen LogP contribution in [0.4, 0.5) is 5.69 Å². The molecule has 2 rings (SSSR count). The number of rotatable bonds is 4. The Balaban J connectivity index is 2.03. The van der Waals surface area contributed by atoms with Crippen molar-refractivity contribution in [2.24, 2.45) is 5.92 Å². The van der Waals surface area contributed by atoms with Crippen molar-refractivity contribution in [3.8, 4) is 5.75 Å². The van der Waals surface area contributed by atoms with Crippen molar-refractivity contribution < 1.29 is 14.3 Å². The van der Waals surface area contributed by atoms with Crippen molar-refractivity contribution >= 4 is 23.3 Å².